The number of thioether (sulfide) groups is 1. The predicted molar refractivity (Wildman–Crippen MR) is 146 cm³/mol. The minimum atomic E-state index is -0.238. The number of halogens is 1. The van der Waals surface area contributed by atoms with Gasteiger partial charge in [-0.3, -0.25) is 18.9 Å². The molecule has 0 aliphatic carbocycles. The lowest BCUT2D eigenvalue weighted by atomic mass is 10.2. The maximum absolute atomic E-state index is 13.7. The predicted octanol–water partition coefficient (Wildman–Crippen LogP) is 3.81. The van der Waals surface area contributed by atoms with Crippen molar-refractivity contribution < 1.29 is 4.79 Å². The van der Waals surface area contributed by atoms with E-state index in [1.54, 1.807) is 22.7 Å². The van der Waals surface area contributed by atoms with Crippen LogP contribution in [0, 0.1) is 6.92 Å². The Hall–Kier alpha value is -2.72. The zero-order chi connectivity index (χ0) is 24.7. The van der Waals surface area contributed by atoms with Gasteiger partial charge in [0, 0.05) is 37.4 Å². The molecule has 0 saturated carbocycles. The van der Waals surface area contributed by atoms with Gasteiger partial charge < -0.3 is 9.80 Å². The topological polar surface area (TPSA) is 61.2 Å². The van der Waals surface area contributed by atoms with Crippen molar-refractivity contribution in [2.45, 2.75) is 13.5 Å². The Morgan fingerprint density at radius 3 is 2.60 bits per heavy atom. The highest BCUT2D eigenvalue weighted by atomic mass is 35.5. The summed E-state index contributed by atoms with van der Waals surface area (Å²) in [6.07, 6.45) is 3.37. The first kappa shape index (κ1) is 24.0. The molecule has 1 amide bonds. The zero-order valence-corrected chi connectivity index (χ0v) is 21.8. The number of aryl methyl sites for hydroxylation is 1. The van der Waals surface area contributed by atoms with Gasteiger partial charge in [0.2, 0.25) is 0 Å². The summed E-state index contributed by atoms with van der Waals surface area (Å²) in [6.45, 7) is 5.46. The molecule has 1 aromatic carbocycles. The van der Waals surface area contributed by atoms with E-state index in [0.29, 0.717) is 31.3 Å². The Morgan fingerprint density at radius 1 is 1.11 bits per heavy atom. The summed E-state index contributed by atoms with van der Waals surface area (Å²) < 4.78 is 1.98. The molecule has 0 bridgehead atoms. The lowest BCUT2D eigenvalue weighted by Crippen LogP contribution is -2.45. The molecule has 0 atom stereocenters. The Balaban J connectivity index is 1.58. The van der Waals surface area contributed by atoms with E-state index >= 15 is 0 Å². The number of thiocarbonyl (C=S) groups is 1. The van der Waals surface area contributed by atoms with Gasteiger partial charge in [-0.15, -0.1) is 0 Å². The smallest absolute Gasteiger partial charge is 0.267 e. The summed E-state index contributed by atoms with van der Waals surface area (Å²) >= 11 is 13.0. The van der Waals surface area contributed by atoms with Crippen LogP contribution in [0.3, 0.4) is 0 Å². The molecule has 5 rings (SSSR count). The average Bonchev–Trinajstić information content (AvgIpc) is 3.10. The Bertz CT molecular complexity index is 1430. The van der Waals surface area contributed by atoms with Gasteiger partial charge in [-0.05, 0) is 43.3 Å². The number of rotatable bonds is 4. The van der Waals surface area contributed by atoms with Gasteiger partial charge in [0.05, 0.1) is 17.0 Å². The molecule has 10 heteroatoms. The molecule has 2 aliphatic rings. The van der Waals surface area contributed by atoms with E-state index in [9.17, 15) is 9.59 Å². The molecule has 4 heterocycles. The van der Waals surface area contributed by atoms with E-state index in [-0.39, 0.29) is 18.0 Å². The number of nitrogens with zero attached hydrogens (tertiary/aromatic N) is 5. The number of fused-ring (bicyclic) bond motifs is 1. The molecule has 0 radical (unpaired) electrons. The summed E-state index contributed by atoms with van der Waals surface area (Å²) in [7, 11) is 2.08. The summed E-state index contributed by atoms with van der Waals surface area (Å²) in [5.41, 5.74) is 2.54. The molecule has 0 spiro atoms. The fraction of sp³-hybridized carbons (Fsp3) is 0.280. The van der Waals surface area contributed by atoms with Crippen LogP contribution in [0.4, 0.5) is 5.82 Å². The van der Waals surface area contributed by atoms with Gasteiger partial charge >= 0.3 is 0 Å². The minimum Gasteiger partial charge on any atom is -0.353 e. The second-order valence-corrected chi connectivity index (χ2v) is 10.8. The third kappa shape index (κ3) is 4.61. The first-order valence-corrected chi connectivity index (χ1v) is 12.9. The number of hydrogen-bond donors (Lipinski definition) is 0. The number of aromatic nitrogens is 2. The van der Waals surface area contributed by atoms with Crippen molar-refractivity contribution in [1.29, 1.82) is 0 Å². The summed E-state index contributed by atoms with van der Waals surface area (Å²) in [4.78, 5) is 38.2. The van der Waals surface area contributed by atoms with Gasteiger partial charge in [-0.2, -0.15) is 0 Å². The number of hydrogen-bond acceptors (Lipinski definition) is 7. The van der Waals surface area contributed by atoms with Crippen LogP contribution in [0.5, 0.6) is 0 Å². The van der Waals surface area contributed by atoms with Crippen molar-refractivity contribution in [2.75, 3.05) is 38.1 Å². The van der Waals surface area contributed by atoms with Crippen molar-refractivity contribution >= 4 is 63.3 Å². The molecule has 0 unspecified atom stereocenters. The summed E-state index contributed by atoms with van der Waals surface area (Å²) in [5.74, 6) is 0.367. The average molecular weight is 526 g/mol. The molecule has 2 aliphatic heterocycles. The Kier molecular flexibility index (Phi) is 6.67. The van der Waals surface area contributed by atoms with Crippen molar-refractivity contribution in [3.63, 3.8) is 0 Å². The van der Waals surface area contributed by atoms with E-state index < -0.39 is 0 Å². The maximum Gasteiger partial charge on any atom is 0.267 e. The molecule has 180 valence electrons. The van der Waals surface area contributed by atoms with E-state index in [4.69, 9.17) is 28.8 Å². The number of pyridine rings is 1. The van der Waals surface area contributed by atoms with E-state index in [0.717, 1.165) is 37.3 Å². The number of anilines is 1. The van der Waals surface area contributed by atoms with Crippen LogP contribution in [0.25, 0.3) is 11.7 Å². The van der Waals surface area contributed by atoms with Crippen LogP contribution in [-0.2, 0) is 11.3 Å². The van der Waals surface area contributed by atoms with Gasteiger partial charge in [-0.25, -0.2) is 4.98 Å². The molecule has 2 fully saturated rings. The second-order valence-electron chi connectivity index (χ2n) is 8.69. The third-order valence-corrected chi connectivity index (χ3v) is 8.05. The molecular formula is C25H24ClN5O2S2. The second kappa shape index (κ2) is 9.73. The van der Waals surface area contributed by atoms with E-state index in [1.165, 1.54) is 16.7 Å². The van der Waals surface area contributed by atoms with Crippen LogP contribution in [0.1, 0.15) is 16.7 Å². The lowest BCUT2D eigenvalue weighted by molar-refractivity contribution is -0.122. The molecular weight excluding hydrogens is 502 g/mol. The molecule has 35 heavy (non-hydrogen) atoms. The van der Waals surface area contributed by atoms with Crippen molar-refractivity contribution in [3.8, 4) is 0 Å². The van der Waals surface area contributed by atoms with Crippen LogP contribution in [0.2, 0.25) is 5.02 Å². The number of carbonyl (C=O) groups is 1. The quantitative estimate of drug-likeness (QED) is 0.379. The van der Waals surface area contributed by atoms with Crippen LogP contribution >= 0.6 is 35.6 Å². The fourth-order valence-electron chi connectivity index (χ4n) is 4.25. The number of piperazine rings is 1. The van der Waals surface area contributed by atoms with Gasteiger partial charge in [0.15, 0.2) is 0 Å². The van der Waals surface area contributed by atoms with Gasteiger partial charge in [0.25, 0.3) is 11.5 Å². The Morgan fingerprint density at radius 2 is 1.86 bits per heavy atom. The normalized spacial score (nSPS) is 18.3. The molecule has 2 saturated heterocycles. The highest BCUT2D eigenvalue weighted by Gasteiger charge is 2.33. The first-order valence-electron chi connectivity index (χ1n) is 11.3. The molecule has 3 aromatic rings. The number of amides is 1. The first-order chi connectivity index (χ1) is 16.8. The Labute approximate surface area is 218 Å². The standard InChI is InChI=1S/C25H24ClN5O2S2/c1-16-6-5-9-30-21(16)27-22(29-12-10-28(2)11-13-29)18(23(30)32)14-20-24(33)31(25(34)35-20)15-17-7-3-4-8-19(17)26/h3-9,14H,10-13,15H2,1-2H3/b20-14+. The van der Waals surface area contributed by atoms with Gasteiger partial charge in [0.1, 0.15) is 15.8 Å². The maximum atomic E-state index is 13.7. The van der Waals surface area contributed by atoms with E-state index in [1.807, 2.05) is 37.3 Å². The van der Waals surface area contributed by atoms with Crippen LogP contribution < -0.4 is 10.5 Å². The van der Waals surface area contributed by atoms with Crippen molar-refractivity contribution in [1.82, 2.24) is 19.2 Å². The third-order valence-electron chi connectivity index (χ3n) is 6.30. The van der Waals surface area contributed by atoms with Crippen molar-refractivity contribution in [2.24, 2.45) is 0 Å². The molecule has 0 N–H and O–H groups in total. The zero-order valence-electron chi connectivity index (χ0n) is 19.4. The highest BCUT2D eigenvalue weighted by Crippen LogP contribution is 2.35. The fourth-order valence-corrected chi connectivity index (χ4v) is 5.68. The number of likely N-dealkylation sites (N-methyl/N-ethyl adjacent to an activating group) is 1. The monoisotopic (exact) mass is 525 g/mol. The lowest BCUT2D eigenvalue weighted by Gasteiger charge is -2.34. The number of benzene rings is 1. The summed E-state index contributed by atoms with van der Waals surface area (Å²) in [5, 5.41) is 0.579. The highest BCUT2D eigenvalue weighted by molar-refractivity contribution is 8.26. The molecule has 2 aromatic heterocycles. The van der Waals surface area contributed by atoms with Crippen LogP contribution in [0.15, 0.2) is 52.3 Å². The SMILES string of the molecule is Cc1cccn2c(=O)c(/C=C3/SC(=S)N(Cc4ccccc4Cl)C3=O)c(N3CCN(C)CC3)nc12. The summed E-state index contributed by atoms with van der Waals surface area (Å²) in [6, 6.07) is 11.1. The molecule has 7 nitrogen and oxygen atoms in total. The van der Waals surface area contributed by atoms with Crippen molar-refractivity contribution in [3.05, 3.63) is 79.6 Å². The van der Waals surface area contributed by atoms with Crippen LogP contribution in [-0.4, -0.2) is 62.6 Å². The largest absolute Gasteiger partial charge is 0.353 e. The van der Waals surface area contributed by atoms with Gasteiger partial charge in [-0.1, -0.05) is 59.8 Å². The van der Waals surface area contributed by atoms with E-state index in [2.05, 4.69) is 16.8 Å². The number of carbonyl (C=O) groups excluding carboxylic acids is 1. The minimum absolute atomic E-state index is 0.205.